The zero-order valence-electron chi connectivity index (χ0n) is 9.95. The first-order valence-electron chi connectivity index (χ1n) is 5.20. The lowest BCUT2D eigenvalue weighted by molar-refractivity contribution is 0.187. The predicted molar refractivity (Wildman–Crippen MR) is 62.7 cm³/mol. The summed E-state index contributed by atoms with van der Waals surface area (Å²) < 4.78 is 5.02. The maximum absolute atomic E-state index is 9.42. The second kappa shape index (κ2) is 5.18. The summed E-state index contributed by atoms with van der Waals surface area (Å²) in [7, 11) is 1.52. The van der Waals surface area contributed by atoms with E-state index < -0.39 is 0 Å². The van der Waals surface area contributed by atoms with Crippen LogP contribution < -0.4 is 10.1 Å². The number of methoxy groups -OCH3 is 1. The molecule has 90 valence electrons. The molecule has 0 unspecified atom stereocenters. The van der Waals surface area contributed by atoms with Crippen LogP contribution in [0, 0.1) is 0 Å². The van der Waals surface area contributed by atoms with E-state index in [-0.39, 0.29) is 17.9 Å². The second-order valence-corrected chi connectivity index (χ2v) is 4.40. The van der Waals surface area contributed by atoms with E-state index >= 15 is 0 Å². The summed E-state index contributed by atoms with van der Waals surface area (Å²) in [5.41, 5.74) is 0.682. The zero-order chi connectivity index (χ0) is 12.2. The normalized spacial score (nSPS) is 11.5. The summed E-state index contributed by atoms with van der Waals surface area (Å²) in [4.78, 5) is 0. The molecule has 16 heavy (non-hydrogen) atoms. The van der Waals surface area contributed by atoms with E-state index in [0.717, 1.165) is 5.56 Å². The van der Waals surface area contributed by atoms with Crippen LogP contribution in [0.2, 0.25) is 0 Å². The minimum absolute atomic E-state index is 0.0716. The van der Waals surface area contributed by atoms with Crippen molar-refractivity contribution in [3.05, 3.63) is 23.8 Å². The molecule has 0 aromatic heterocycles. The van der Waals surface area contributed by atoms with Crippen LogP contribution in [0.25, 0.3) is 0 Å². The van der Waals surface area contributed by atoms with Crippen LogP contribution in [-0.2, 0) is 6.54 Å². The first-order chi connectivity index (χ1) is 7.48. The SMILES string of the molecule is COc1cc(CNC(C)(C)CO)ccc1O. The third-order valence-electron chi connectivity index (χ3n) is 2.41. The van der Waals surface area contributed by atoms with E-state index in [4.69, 9.17) is 9.84 Å². The van der Waals surface area contributed by atoms with Gasteiger partial charge in [0.2, 0.25) is 0 Å². The summed E-state index contributed by atoms with van der Waals surface area (Å²) in [5, 5.41) is 21.7. The maximum atomic E-state index is 9.42. The van der Waals surface area contributed by atoms with Crippen molar-refractivity contribution in [2.24, 2.45) is 0 Å². The third kappa shape index (κ3) is 3.40. The van der Waals surface area contributed by atoms with Crippen molar-refractivity contribution in [2.45, 2.75) is 25.9 Å². The van der Waals surface area contributed by atoms with Gasteiger partial charge in [-0.2, -0.15) is 0 Å². The molecule has 0 saturated carbocycles. The molecule has 0 heterocycles. The second-order valence-electron chi connectivity index (χ2n) is 4.40. The monoisotopic (exact) mass is 225 g/mol. The molecular weight excluding hydrogens is 206 g/mol. The fraction of sp³-hybridized carbons (Fsp3) is 0.500. The summed E-state index contributed by atoms with van der Waals surface area (Å²) in [6, 6.07) is 5.19. The van der Waals surface area contributed by atoms with Crippen molar-refractivity contribution in [1.82, 2.24) is 5.32 Å². The van der Waals surface area contributed by atoms with Crippen molar-refractivity contribution < 1.29 is 14.9 Å². The molecule has 4 nitrogen and oxygen atoms in total. The number of nitrogens with one attached hydrogen (secondary N) is 1. The molecule has 0 bridgehead atoms. The Morgan fingerprint density at radius 3 is 2.62 bits per heavy atom. The van der Waals surface area contributed by atoms with Gasteiger partial charge in [0.1, 0.15) is 0 Å². The van der Waals surface area contributed by atoms with Crippen LogP contribution in [0.1, 0.15) is 19.4 Å². The number of hydrogen-bond donors (Lipinski definition) is 3. The predicted octanol–water partition coefficient (Wildman–Crippen LogP) is 1.26. The topological polar surface area (TPSA) is 61.7 Å². The molecule has 0 saturated heterocycles. The van der Waals surface area contributed by atoms with Crippen LogP contribution in [-0.4, -0.2) is 29.5 Å². The van der Waals surface area contributed by atoms with Gasteiger partial charge in [-0.1, -0.05) is 6.07 Å². The summed E-state index contributed by atoms with van der Waals surface area (Å²) in [5.74, 6) is 0.591. The standard InChI is InChI=1S/C12H19NO3/c1-12(2,8-14)13-7-9-4-5-10(15)11(6-9)16-3/h4-6,13-15H,7-8H2,1-3H3. The smallest absolute Gasteiger partial charge is 0.160 e. The van der Waals surface area contributed by atoms with E-state index in [9.17, 15) is 5.11 Å². The van der Waals surface area contributed by atoms with Crippen LogP contribution in [0.4, 0.5) is 0 Å². The molecule has 1 aromatic carbocycles. The molecule has 1 rings (SSSR count). The van der Waals surface area contributed by atoms with Gasteiger partial charge in [0.05, 0.1) is 13.7 Å². The quantitative estimate of drug-likeness (QED) is 0.706. The average molecular weight is 225 g/mol. The number of ether oxygens (including phenoxy) is 1. The van der Waals surface area contributed by atoms with Gasteiger partial charge in [0.15, 0.2) is 11.5 Å². The Hall–Kier alpha value is -1.26. The van der Waals surface area contributed by atoms with Gasteiger partial charge in [0, 0.05) is 12.1 Å². The lowest BCUT2D eigenvalue weighted by Gasteiger charge is -2.23. The van der Waals surface area contributed by atoms with Gasteiger partial charge in [-0.3, -0.25) is 0 Å². The van der Waals surface area contributed by atoms with Crippen LogP contribution in [0.15, 0.2) is 18.2 Å². The van der Waals surface area contributed by atoms with Crippen LogP contribution >= 0.6 is 0 Å². The molecule has 3 N–H and O–H groups in total. The highest BCUT2D eigenvalue weighted by Gasteiger charge is 2.15. The Morgan fingerprint density at radius 2 is 2.06 bits per heavy atom. The molecule has 1 aromatic rings. The number of aliphatic hydroxyl groups is 1. The lowest BCUT2D eigenvalue weighted by Crippen LogP contribution is -2.42. The molecule has 0 aliphatic heterocycles. The molecule has 0 atom stereocenters. The van der Waals surface area contributed by atoms with E-state index in [1.807, 2.05) is 19.9 Å². The van der Waals surface area contributed by atoms with E-state index in [1.54, 1.807) is 12.1 Å². The summed E-state index contributed by atoms with van der Waals surface area (Å²) in [6.45, 7) is 4.53. The molecule has 4 heteroatoms. The Morgan fingerprint density at radius 1 is 1.38 bits per heavy atom. The molecule has 0 spiro atoms. The van der Waals surface area contributed by atoms with E-state index in [2.05, 4.69) is 5.32 Å². The zero-order valence-corrected chi connectivity index (χ0v) is 9.95. The molecule has 0 fully saturated rings. The number of aromatic hydroxyl groups is 1. The fourth-order valence-electron chi connectivity index (χ4n) is 1.23. The third-order valence-corrected chi connectivity index (χ3v) is 2.41. The van der Waals surface area contributed by atoms with Crippen molar-refractivity contribution in [3.63, 3.8) is 0 Å². The summed E-state index contributed by atoms with van der Waals surface area (Å²) in [6.07, 6.45) is 0. The maximum Gasteiger partial charge on any atom is 0.160 e. The van der Waals surface area contributed by atoms with E-state index in [0.29, 0.717) is 12.3 Å². The number of benzene rings is 1. The minimum atomic E-state index is -0.314. The molecular formula is C12H19NO3. The molecule has 0 aliphatic rings. The highest BCUT2D eigenvalue weighted by atomic mass is 16.5. The Kier molecular flexibility index (Phi) is 4.15. The lowest BCUT2D eigenvalue weighted by atomic mass is 10.1. The number of hydrogen-bond acceptors (Lipinski definition) is 4. The first kappa shape index (κ1) is 12.8. The fourth-order valence-corrected chi connectivity index (χ4v) is 1.23. The van der Waals surface area contributed by atoms with Crippen molar-refractivity contribution in [3.8, 4) is 11.5 Å². The Balaban J connectivity index is 2.68. The van der Waals surface area contributed by atoms with Gasteiger partial charge in [-0.05, 0) is 31.5 Å². The Labute approximate surface area is 95.9 Å². The van der Waals surface area contributed by atoms with Crippen LogP contribution in [0.3, 0.4) is 0 Å². The number of aliphatic hydroxyl groups excluding tert-OH is 1. The van der Waals surface area contributed by atoms with Gasteiger partial charge < -0.3 is 20.3 Å². The van der Waals surface area contributed by atoms with E-state index in [1.165, 1.54) is 7.11 Å². The van der Waals surface area contributed by atoms with Gasteiger partial charge >= 0.3 is 0 Å². The molecule has 0 amide bonds. The van der Waals surface area contributed by atoms with Crippen molar-refractivity contribution in [2.75, 3.05) is 13.7 Å². The van der Waals surface area contributed by atoms with Gasteiger partial charge in [-0.15, -0.1) is 0 Å². The number of phenols is 1. The van der Waals surface area contributed by atoms with Crippen LogP contribution in [0.5, 0.6) is 11.5 Å². The number of rotatable bonds is 5. The Bertz CT molecular complexity index is 350. The highest BCUT2D eigenvalue weighted by molar-refractivity contribution is 5.41. The first-order valence-corrected chi connectivity index (χ1v) is 5.20. The van der Waals surface area contributed by atoms with Gasteiger partial charge in [-0.25, -0.2) is 0 Å². The van der Waals surface area contributed by atoms with Crippen molar-refractivity contribution >= 4 is 0 Å². The average Bonchev–Trinajstić information content (AvgIpc) is 2.28. The van der Waals surface area contributed by atoms with Crippen molar-refractivity contribution in [1.29, 1.82) is 0 Å². The molecule has 0 aliphatic carbocycles. The largest absolute Gasteiger partial charge is 0.504 e. The van der Waals surface area contributed by atoms with Gasteiger partial charge in [0.25, 0.3) is 0 Å². The number of phenolic OH excluding ortho intramolecular Hbond substituents is 1. The highest BCUT2D eigenvalue weighted by Crippen LogP contribution is 2.26. The summed E-state index contributed by atoms with van der Waals surface area (Å²) >= 11 is 0. The minimum Gasteiger partial charge on any atom is -0.504 e. The molecule has 0 radical (unpaired) electrons.